The number of thioether (sulfide) groups is 1. The van der Waals surface area contributed by atoms with Crippen LogP contribution in [-0.2, 0) is 28.6 Å². The Labute approximate surface area is 325 Å². The minimum Gasteiger partial charge on any atom is -0.469 e. The van der Waals surface area contributed by atoms with Crippen molar-refractivity contribution in [3.63, 3.8) is 0 Å². The van der Waals surface area contributed by atoms with Crippen LogP contribution in [0.5, 0.6) is 0 Å². The van der Waals surface area contributed by atoms with Crippen molar-refractivity contribution in [3.8, 4) is 0 Å². The van der Waals surface area contributed by atoms with E-state index < -0.39 is 0 Å². The lowest BCUT2D eigenvalue weighted by Gasteiger charge is -2.18. The summed E-state index contributed by atoms with van der Waals surface area (Å²) in [6.07, 6.45) is 43.8. The number of carbonyl (C=O) groups excluding carboxylic acids is 3. The van der Waals surface area contributed by atoms with Gasteiger partial charge in [-0.05, 0) is 104 Å². The highest BCUT2D eigenvalue weighted by Crippen LogP contribution is 2.19. The molecule has 0 N–H and O–H groups in total. The third kappa shape index (κ3) is 39.4. The van der Waals surface area contributed by atoms with Crippen LogP contribution in [0.15, 0.2) is 24.3 Å². The van der Waals surface area contributed by atoms with Crippen molar-refractivity contribution < 1.29 is 28.6 Å². The highest BCUT2D eigenvalue weighted by atomic mass is 32.2. The van der Waals surface area contributed by atoms with Crippen LogP contribution in [0.3, 0.4) is 0 Å². The summed E-state index contributed by atoms with van der Waals surface area (Å²) < 4.78 is 15.3. The molecule has 304 valence electrons. The maximum absolute atomic E-state index is 12.5. The summed E-state index contributed by atoms with van der Waals surface area (Å²) in [4.78, 5) is 36.9. The lowest BCUT2D eigenvalue weighted by atomic mass is 10.0. The van der Waals surface area contributed by atoms with Gasteiger partial charge in [0.2, 0.25) is 0 Å². The molecule has 0 aliphatic rings. The molecule has 0 radical (unpaired) electrons. The molecule has 0 spiro atoms. The van der Waals surface area contributed by atoms with Gasteiger partial charge in [-0.25, -0.2) is 0 Å². The lowest BCUT2D eigenvalue weighted by molar-refractivity contribution is -0.146. The molecule has 0 unspecified atom stereocenters. The van der Waals surface area contributed by atoms with Crippen LogP contribution in [0.2, 0.25) is 0 Å². The van der Waals surface area contributed by atoms with Gasteiger partial charge in [-0.1, -0.05) is 114 Å². The van der Waals surface area contributed by atoms with Gasteiger partial charge in [-0.2, -0.15) is 0 Å². The first-order valence-corrected chi connectivity index (χ1v) is 22.4. The second-order valence-electron chi connectivity index (χ2n) is 14.8. The minimum atomic E-state index is -0.0930. The summed E-state index contributed by atoms with van der Waals surface area (Å²) in [5, 5.41) is 0. The van der Waals surface area contributed by atoms with Crippen LogP contribution >= 0.6 is 11.8 Å². The second-order valence-corrected chi connectivity index (χ2v) is 15.7. The molecule has 0 fully saturated rings. The van der Waals surface area contributed by atoms with E-state index in [1.54, 1.807) is 11.8 Å². The molecule has 0 aromatic rings. The van der Waals surface area contributed by atoms with Crippen LogP contribution in [-0.4, -0.2) is 68.9 Å². The number of hydrogen-bond acceptors (Lipinski definition) is 8. The van der Waals surface area contributed by atoms with Gasteiger partial charge >= 0.3 is 17.9 Å². The molecule has 52 heavy (non-hydrogen) atoms. The average Bonchev–Trinajstić information content (AvgIpc) is 3.13. The van der Waals surface area contributed by atoms with Gasteiger partial charge in [0.15, 0.2) is 0 Å². The topological polar surface area (TPSA) is 82.1 Å². The number of carbonyl (C=O) groups is 3. The lowest BCUT2D eigenvalue weighted by Crippen LogP contribution is -2.21. The zero-order valence-corrected chi connectivity index (χ0v) is 35.1. The SMILES string of the molecule is COC(=O)CCCCCCC/C=C\CCCCCCCCC(CCCCCCCC/C=C\CCCCCCCC(=O)OC)OC(=O)CSCN(C)C. The number of nitrogens with zero attached hydrogens (tertiary/aromatic N) is 1. The van der Waals surface area contributed by atoms with Crippen LogP contribution in [0.1, 0.15) is 193 Å². The second kappa shape index (κ2) is 40.4. The molecule has 8 heteroatoms. The van der Waals surface area contributed by atoms with Crippen molar-refractivity contribution in [1.29, 1.82) is 0 Å². The number of allylic oxidation sites excluding steroid dienone is 4. The zero-order valence-electron chi connectivity index (χ0n) is 34.3. The molecule has 0 aliphatic heterocycles. The van der Waals surface area contributed by atoms with E-state index in [-0.39, 0.29) is 24.0 Å². The first-order chi connectivity index (χ1) is 25.4. The number of ether oxygens (including phenoxy) is 3. The van der Waals surface area contributed by atoms with Crippen LogP contribution in [0, 0.1) is 0 Å². The Balaban J connectivity index is 3.93. The van der Waals surface area contributed by atoms with Crippen molar-refractivity contribution in [2.24, 2.45) is 0 Å². The highest BCUT2D eigenvalue weighted by Gasteiger charge is 2.14. The van der Waals surface area contributed by atoms with Gasteiger partial charge in [0, 0.05) is 18.7 Å². The maximum Gasteiger partial charge on any atom is 0.316 e. The number of esters is 3. The molecule has 0 aliphatic carbocycles. The third-order valence-corrected chi connectivity index (χ3v) is 10.6. The molecular formula is C44H81NO6S. The summed E-state index contributed by atoms with van der Waals surface area (Å²) in [5.74, 6) is 1.04. The van der Waals surface area contributed by atoms with E-state index in [0.717, 1.165) is 57.2 Å². The Morgan fingerprint density at radius 3 is 1.15 bits per heavy atom. The summed E-state index contributed by atoms with van der Waals surface area (Å²) in [7, 11) is 6.97. The first kappa shape index (κ1) is 50.2. The Bertz CT molecular complexity index is 821. The van der Waals surface area contributed by atoms with Gasteiger partial charge in [-0.3, -0.25) is 14.4 Å². The van der Waals surface area contributed by atoms with E-state index in [1.165, 1.54) is 143 Å². The van der Waals surface area contributed by atoms with Crippen LogP contribution in [0.25, 0.3) is 0 Å². The predicted octanol–water partition coefficient (Wildman–Crippen LogP) is 12.3. The average molecular weight is 752 g/mol. The summed E-state index contributed by atoms with van der Waals surface area (Å²) in [6.45, 7) is 0. The van der Waals surface area contributed by atoms with E-state index >= 15 is 0 Å². The predicted molar refractivity (Wildman–Crippen MR) is 222 cm³/mol. The fourth-order valence-corrected chi connectivity index (χ4v) is 6.97. The van der Waals surface area contributed by atoms with E-state index in [1.807, 2.05) is 14.1 Å². The molecule has 7 nitrogen and oxygen atoms in total. The van der Waals surface area contributed by atoms with E-state index in [0.29, 0.717) is 18.6 Å². The Morgan fingerprint density at radius 1 is 0.481 bits per heavy atom. The smallest absolute Gasteiger partial charge is 0.316 e. The maximum atomic E-state index is 12.5. The molecule has 0 atom stereocenters. The summed E-state index contributed by atoms with van der Waals surface area (Å²) in [6, 6.07) is 0. The Hall–Kier alpha value is -1.80. The van der Waals surface area contributed by atoms with Gasteiger partial charge < -0.3 is 19.1 Å². The van der Waals surface area contributed by atoms with Gasteiger partial charge in [0.1, 0.15) is 6.10 Å². The summed E-state index contributed by atoms with van der Waals surface area (Å²) in [5.41, 5.74) is 0. The molecule has 0 heterocycles. The number of methoxy groups -OCH3 is 2. The number of hydrogen-bond donors (Lipinski definition) is 0. The first-order valence-electron chi connectivity index (χ1n) is 21.2. The van der Waals surface area contributed by atoms with Crippen molar-refractivity contribution >= 4 is 29.7 Å². The number of unbranched alkanes of at least 4 members (excludes halogenated alkanes) is 22. The molecule has 0 amide bonds. The zero-order chi connectivity index (χ0) is 38.2. The van der Waals surface area contributed by atoms with Crippen LogP contribution < -0.4 is 0 Å². The fourth-order valence-electron chi connectivity index (χ4n) is 6.28. The van der Waals surface area contributed by atoms with Crippen molar-refractivity contribution in [3.05, 3.63) is 24.3 Å². The monoisotopic (exact) mass is 752 g/mol. The van der Waals surface area contributed by atoms with Crippen LogP contribution in [0.4, 0.5) is 0 Å². The quantitative estimate of drug-likeness (QED) is 0.0202. The molecule has 0 aromatic carbocycles. The third-order valence-electron chi connectivity index (χ3n) is 9.45. The standard InChI is InChI=1S/C44H81NO6S/c1-45(2)40-52-39-44(48)51-41(35-31-27-23-19-15-11-7-5-9-13-17-21-25-29-33-37-42(46)49-3)36-32-28-24-20-16-12-8-6-10-14-18-22-26-30-34-38-43(47)50-4/h5-6,9-10,41H,7-8,11-40H2,1-4H3/b9-5-,10-6-. The molecule has 0 rings (SSSR count). The Morgan fingerprint density at radius 2 is 0.808 bits per heavy atom. The molecular weight excluding hydrogens is 671 g/mol. The van der Waals surface area contributed by atoms with Gasteiger partial charge in [0.05, 0.1) is 20.0 Å². The fraction of sp³-hybridized carbons (Fsp3) is 0.841. The van der Waals surface area contributed by atoms with E-state index in [4.69, 9.17) is 4.74 Å². The van der Waals surface area contributed by atoms with Crippen molar-refractivity contribution in [2.45, 2.75) is 199 Å². The largest absolute Gasteiger partial charge is 0.469 e. The van der Waals surface area contributed by atoms with Gasteiger partial charge in [0.25, 0.3) is 0 Å². The summed E-state index contributed by atoms with van der Waals surface area (Å²) >= 11 is 1.63. The Kier molecular flexibility index (Phi) is 39.0. The van der Waals surface area contributed by atoms with Crippen molar-refractivity contribution in [2.75, 3.05) is 39.9 Å². The normalized spacial score (nSPS) is 11.7. The molecule has 0 aromatic heterocycles. The number of rotatable bonds is 39. The molecule has 0 bridgehead atoms. The van der Waals surface area contributed by atoms with E-state index in [2.05, 4.69) is 38.7 Å². The van der Waals surface area contributed by atoms with Gasteiger partial charge in [-0.15, -0.1) is 11.8 Å². The molecule has 0 saturated heterocycles. The minimum absolute atomic E-state index is 0.0516. The van der Waals surface area contributed by atoms with E-state index in [9.17, 15) is 14.4 Å². The highest BCUT2D eigenvalue weighted by molar-refractivity contribution is 7.99. The van der Waals surface area contributed by atoms with Crippen molar-refractivity contribution in [1.82, 2.24) is 4.90 Å². The molecule has 0 saturated carbocycles.